The van der Waals surface area contributed by atoms with E-state index in [0.717, 1.165) is 0 Å². The predicted molar refractivity (Wildman–Crippen MR) is 217 cm³/mol. The molecule has 0 amide bonds. The van der Waals surface area contributed by atoms with E-state index in [-0.39, 0.29) is 11.5 Å². The van der Waals surface area contributed by atoms with Gasteiger partial charge in [-0.25, -0.2) is 0 Å². The minimum Gasteiger partial charge on any atom is -0.507 e. The first-order valence-electron chi connectivity index (χ1n) is 18.0. The van der Waals surface area contributed by atoms with Crippen LogP contribution < -0.4 is 9.47 Å². The van der Waals surface area contributed by atoms with Crippen LogP contribution in [0.3, 0.4) is 0 Å². The molecule has 0 aliphatic carbocycles. The van der Waals surface area contributed by atoms with Crippen LogP contribution in [0.1, 0.15) is 139 Å². The molecule has 3 rings (SSSR count). The Morgan fingerprint density at radius 1 is 0.444 bits per heavy atom. The van der Waals surface area contributed by atoms with Crippen molar-refractivity contribution in [3.63, 3.8) is 0 Å². The van der Waals surface area contributed by atoms with E-state index in [2.05, 4.69) is 0 Å². The summed E-state index contributed by atoms with van der Waals surface area (Å²) in [6.07, 6.45) is 0. The predicted octanol–water partition coefficient (Wildman–Crippen LogP) is 11.5. The maximum absolute atomic E-state index is 15.0. The highest BCUT2D eigenvalue weighted by molar-refractivity contribution is 7.54. The molecule has 10 nitrogen and oxygen atoms in total. The van der Waals surface area contributed by atoms with Crippen molar-refractivity contribution < 1.29 is 46.9 Å². The average Bonchev–Trinajstić information content (AvgIpc) is 3.07. The molecule has 0 aromatic heterocycles. The number of benzene rings is 3. The number of ether oxygens (including phenoxy) is 2. The van der Waals surface area contributed by atoms with Gasteiger partial charge in [-0.2, -0.15) is 0 Å². The lowest BCUT2D eigenvalue weighted by atomic mass is 9.77. The molecule has 0 aliphatic rings. The lowest BCUT2D eigenvalue weighted by Gasteiger charge is -2.34. The Morgan fingerprint density at radius 3 is 0.870 bits per heavy atom. The van der Waals surface area contributed by atoms with Gasteiger partial charge in [-0.05, 0) is 61.1 Å². The van der Waals surface area contributed by atoms with Gasteiger partial charge < -0.3 is 37.8 Å². The minimum atomic E-state index is -4.07. The topological polar surface area (TPSA) is 130 Å². The van der Waals surface area contributed by atoms with Crippen LogP contribution in [0, 0.1) is 0 Å². The molecule has 0 fully saturated rings. The Morgan fingerprint density at radius 2 is 0.685 bits per heavy atom. The van der Waals surface area contributed by atoms with Gasteiger partial charge in [-0.3, -0.25) is 9.13 Å². The highest BCUT2D eigenvalue weighted by Crippen LogP contribution is 2.68. The summed E-state index contributed by atoms with van der Waals surface area (Å²) in [5.41, 5.74) is 0.249. The normalized spacial score (nSPS) is 14.6. The molecule has 0 spiro atoms. The second-order valence-corrected chi connectivity index (χ2v) is 22.5. The number of phenolic OH excluding ortho intramolecular Hbond substituents is 2. The van der Waals surface area contributed by atoms with E-state index in [1.54, 1.807) is 12.1 Å². The monoisotopic (exact) mass is 790 g/mol. The highest BCUT2D eigenvalue weighted by Gasteiger charge is 2.45. The van der Waals surface area contributed by atoms with Crippen molar-refractivity contribution in [3.8, 4) is 23.0 Å². The molecule has 12 heteroatoms. The zero-order chi connectivity index (χ0) is 41.6. The van der Waals surface area contributed by atoms with E-state index in [1.807, 2.05) is 107 Å². The van der Waals surface area contributed by atoms with Gasteiger partial charge >= 0.3 is 15.2 Å². The molecule has 2 atom stereocenters. The number of aromatic hydroxyl groups is 2. The van der Waals surface area contributed by atoms with Crippen LogP contribution in [-0.2, 0) is 48.9 Å². The third kappa shape index (κ3) is 8.90. The molecule has 302 valence electrons. The van der Waals surface area contributed by atoms with E-state index in [1.165, 1.54) is 42.7 Å². The molecule has 3 aromatic carbocycles. The number of phenols is 2. The fraction of sp³-hybridized carbons (Fsp3) is 0.571. The summed E-state index contributed by atoms with van der Waals surface area (Å²) in [5, 5.41) is 23.3. The fourth-order valence-electron chi connectivity index (χ4n) is 6.93. The largest absolute Gasteiger partial charge is 0.507 e. The SMILES string of the molecule is COc1cc(OC)c(C(c2cc(C(C)(C)C)c(O)c(C(C)(C)C)c2)P(=O)(OC)OC)cc1C(c1cc(C(C)(C)C)c(O)c(C(C)(C)C)c1)P(=O)(OC)OC. The van der Waals surface area contributed by atoms with Crippen molar-refractivity contribution >= 4 is 15.2 Å². The Balaban J connectivity index is 2.71. The minimum absolute atomic E-state index is 0.155. The smallest absolute Gasteiger partial charge is 0.342 e. The molecule has 2 N–H and O–H groups in total. The van der Waals surface area contributed by atoms with E-state index >= 15 is 0 Å². The number of hydrogen-bond acceptors (Lipinski definition) is 10. The second kappa shape index (κ2) is 16.0. The van der Waals surface area contributed by atoms with Crippen LogP contribution in [0.4, 0.5) is 0 Å². The molecule has 0 bridgehead atoms. The number of hydrogen-bond donors (Lipinski definition) is 2. The lowest BCUT2D eigenvalue weighted by Crippen LogP contribution is -2.20. The highest BCUT2D eigenvalue weighted by atomic mass is 31.2. The first-order valence-corrected chi connectivity index (χ1v) is 21.3. The van der Waals surface area contributed by atoms with Gasteiger partial charge in [0.05, 0.1) is 14.2 Å². The first kappa shape index (κ1) is 45.5. The van der Waals surface area contributed by atoms with Crippen molar-refractivity contribution in [1.29, 1.82) is 0 Å². The van der Waals surface area contributed by atoms with Crippen LogP contribution in [-0.4, -0.2) is 52.9 Å². The Hall–Kier alpha value is -2.84. The molecule has 0 saturated heterocycles. The van der Waals surface area contributed by atoms with Gasteiger partial charge in [0.15, 0.2) is 0 Å². The van der Waals surface area contributed by atoms with Gasteiger partial charge in [0.25, 0.3) is 0 Å². The summed E-state index contributed by atoms with van der Waals surface area (Å²) in [4.78, 5) is 0. The summed E-state index contributed by atoms with van der Waals surface area (Å²) < 4.78 is 65.0. The van der Waals surface area contributed by atoms with E-state index in [0.29, 0.717) is 56.0 Å². The lowest BCUT2D eigenvalue weighted by molar-refractivity contribution is 0.268. The molecular weight excluding hydrogens is 726 g/mol. The van der Waals surface area contributed by atoms with Crippen molar-refractivity contribution in [1.82, 2.24) is 0 Å². The quantitative estimate of drug-likeness (QED) is 0.171. The molecule has 0 aliphatic heterocycles. The van der Waals surface area contributed by atoms with Crippen LogP contribution in [0.5, 0.6) is 23.0 Å². The summed E-state index contributed by atoms with van der Waals surface area (Å²) in [6, 6.07) is 10.7. The molecule has 0 radical (unpaired) electrons. The van der Waals surface area contributed by atoms with Crippen molar-refractivity contribution in [3.05, 3.63) is 80.9 Å². The van der Waals surface area contributed by atoms with Gasteiger partial charge in [-0.15, -0.1) is 0 Å². The van der Waals surface area contributed by atoms with Crippen LogP contribution >= 0.6 is 15.2 Å². The standard InChI is InChI=1S/C42H64O10P2/c1-39(2,3)29-19-25(20-30(35(29)43)40(4,5)6)37(53(45,49-15)50-16)27-23-28(34(48-14)24-33(27)47-13)38(54(46,51-17)52-18)26-21-31(41(7,8)9)36(44)32(22-26)42(10,11)12/h19-24,37-38,43-44H,1-18H3. The molecule has 0 heterocycles. The third-order valence-corrected chi connectivity index (χ3v) is 14.4. The van der Waals surface area contributed by atoms with Crippen LogP contribution in [0.15, 0.2) is 36.4 Å². The molecule has 3 aromatic rings. The Labute approximate surface area is 323 Å². The van der Waals surface area contributed by atoms with Crippen molar-refractivity contribution in [2.75, 3.05) is 42.7 Å². The van der Waals surface area contributed by atoms with E-state index in [9.17, 15) is 19.3 Å². The average molecular weight is 791 g/mol. The van der Waals surface area contributed by atoms with Crippen LogP contribution in [0.25, 0.3) is 0 Å². The summed E-state index contributed by atoms with van der Waals surface area (Å²) in [5.74, 6) is 0.916. The molecular formula is C42H64O10P2. The van der Waals surface area contributed by atoms with Crippen molar-refractivity contribution in [2.24, 2.45) is 0 Å². The van der Waals surface area contributed by atoms with E-state index < -0.39 is 48.2 Å². The zero-order valence-corrected chi connectivity index (χ0v) is 37.5. The van der Waals surface area contributed by atoms with Gasteiger partial charge in [0.1, 0.15) is 34.3 Å². The van der Waals surface area contributed by atoms with Gasteiger partial charge in [-0.1, -0.05) is 107 Å². The third-order valence-electron chi connectivity index (χ3n) is 9.95. The zero-order valence-electron chi connectivity index (χ0n) is 35.7. The first-order chi connectivity index (χ1) is 24.6. The van der Waals surface area contributed by atoms with Gasteiger partial charge in [0.2, 0.25) is 0 Å². The van der Waals surface area contributed by atoms with E-state index in [4.69, 9.17) is 27.6 Å². The van der Waals surface area contributed by atoms with Crippen LogP contribution in [0.2, 0.25) is 0 Å². The Kier molecular flexibility index (Phi) is 13.5. The maximum atomic E-state index is 15.0. The molecule has 0 saturated carbocycles. The number of rotatable bonds is 12. The maximum Gasteiger partial charge on any atom is 0.342 e. The molecule has 2 unspecified atom stereocenters. The summed E-state index contributed by atoms with van der Waals surface area (Å²) in [7, 11) is 0.169. The summed E-state index contributed by atoms with van der Waals surface area (Å²) >= 11 is 0. The van der Waals surface area contributed by atoms with Gasteiger partial charge in [0, 0.05) is 45.6 Å². The Bertz CT molecular complexity index is 1700. The number of methoxy groups -OCH3 is 2. The molecule has 54 heavy (non-hydrogen) atoms. The fourth-order valence-corrected chi connectivity index (χ4v) is 10.2. The second-order valence-electron chi connectivity index (χ2n) is 17.9. The summed E-state index contributed by atoms with van der Waals surface area (Å²) in [6.45, 7) is 24.0. The van der Waals surface area contributed by atoms with Crippen molar-refractivity contribution in [2.45, 2.75) is 116 Å².